The second kappa shape index (κ2) is 4.28. The molecule has 0 amide bonds. The topological polar surface area (TPSA) is 37.8 Å². The molecule has 0 unspecified atom stereocenters. The van der Waals surface area contributed by atoms with Crippen molar-refractivity contribution in [2.75, 3.05) is 5.32 Å². The summed E-state index contributed by atoms with van der Waals surface area (Å²) in [6, 6.07) is 2.02. The molecule has 0 aliphatic rings. The van der Waals surface area contributed by atoms with E-state index in [1.54, 1.807) is 17.5 Å². The molecule has 2 rings (SSSR count). The molecule has 3 nitrogen and oxygen atoms in total. The van der Waals surface area contributed by atoms with E-state index in [1.807, 2.05) is 26.1 Å². The van der Waals surface area contributed by atoms with Crippen LogP contribution in [0.25, 0.3) is 0 Å². The fourth-order valence-electron chi connectivity index (χ4n) is 1.19. The van der Waals surface area contributed by atoms with Gasteiger partial charge in [0.2, 0.25) is 0 Å². The van der Waals surface area contributed by atoms with Gasteiger partial charge in [-0.25, -0.2) is 9.97 Å². The summed E-state index contributed by atoms with van der Waals surface area (Å²) in [6.45, 7) is 4.05. The minimum atomic E-state index is 0.854. The first-order valence-electron chi connectivity index (χ1n) is 4.47. The fraction of sp³-hybridized carbons (Fsp3) is 0.200. The van der Waals surface area contributed by atoms with Crippen LogP contribution >= 0.6 is 27.3 Å². The maximum absolute atomic E-state index is 4.29. The van der Waals surface area contributed by atoms with Gasteiger partial charge in [-0.2, -0.15) is 0 Å². The van der Waals surface area contributed by atoms with Gasteiger partial charge in [0.25, 0.3) is 0 Å². The Kier molecular flexibility index (Phi) is 3.02. The summed E-state index contributed by atoms with van der Waals surface area (Å²) < 4.78 is 0.987. The molecule has 0 saturated carbocycles. The van der Waals surface area contributed by atoms with Crippen LogP contribution in [0.2, 0.25) is 0 Å². The highest BCUT2D eigenvalue weighted by molar-refractivity contribution is 9.10. The molecule has 2 aromatic heterocycles. The van der Waals surface area contributed by atoms with Crippen molar-refractivity contribution in [2.24, 2.45) is 0 Å². The molecular formula is C10H10BrN3S. The first kappa shape index (κ1) is 10.6. The maximum atomic E-state index is 4.29. The Morgan fingerprint density at radius 2 is 2.07 bits per heavy atom. The van der Waals surface area contributed by atoms with Gasteiger partial charge >= 0.3 is 0 Å². The molecule has 15 heavy (non-hydrogen) atoms. The Balaban J connectivity index is 2.24. The highest BCUT2D eigenvalue weighted by Crippen LogP contribution is 2.23. The van der Waals surface area contributed by atoms with Crippen LogP contribution in [0.1, 0.15) is 10.4 Å². The van der Waals surface area contributed by atoms with Crippen molar-refractivity contribution < 1.29 is 0 Å². The Bertz CT molecular complexity index is 481. The van der Waals surface area contributed by atoms with Crippen LogP contribution in [0, 0.1) is 13.8 Å². The van der Waals surface area contributed by atoms with Crippen LogP contribution < -0.4 is 5.32 Å². The number of thiazole rings is 1. The number of halogens is 1. The Hall–Kier alpha value is -0.940. The molecule has 2 aromatic rings. The molecule has 0 saturated heterocycles. The predicted octanol–water partition coefficient (Wildman–Crippen LogP) is 3.66. The van der Waals surface area contributed by atoms with Crippen molar-refractivity contribution in [1.29, 1.82) is 0 Å². The summed E-state index contributed by atoms with van der Waals surface area (Å²) in [7, 11) is 0. The van der Waals surface area contributed by atoms with Gasteiger partial charge < -0.3 is 5.32 Å². The summed E-state index contributed by atoms with van der Waals surface area (Å²) in [4.78, 5) is 9.71. The van der Waals surface area contributed by atoms with Gasteiger partial charge in [0.1, 0.15) is 5.82 Å². The minimum absolute atomic E-state index is 0.854. The third-order valence-electron chi connectivity index (χ3n) is 1.89. The van der Waals surface area contributed by atoms with Gasteiger partial charge in [0.05, 0.1) is 0 Å². The monoisotopic (exact) mass is 283 g/mol. The van der Waals surface area contributed by atoms with E-state index in [4.69, 9.17) is 0 Å². The summed E-state index contributed by atoms with van der Waals surface area (Å²) in [5.74, 6) is 0.854. The highest BCUT2D eigenvalue weighted by Gasteiger charge is 2.03. The minimum Gasteiger partial charge on any atom is -0.316 e. The molecule has 0 fully saturated rings. The third-order valence-corrected chi connectivity index (χ3v) is 3.15. The van der Waals surface area contributed by atoms with Gasteiger partial charge in [-0.05, 0) is 41.4 Å². The number of pyridine rings is 1. The lowest BCUT2D eigenvalue weighted by atomic mass is 10.3. The van der Waals surface area contributed by atoms with Crippen LogP contribution in [-0.4, -0.2) is 9.97 Å². The molecular weight excluding hydrogens is 274 g/mol. The lowest BCUT2D eigenvalue weighted by Gasteiger charge is -2.05. The Labute approximate surface area is 101 Å². The molecule has 0 atom stereocenters. The summed E-state index contributed by atoms with van der Waals surface area (Å²) >= 11 is 5.00. The van der Waals surface area contributed by atoms with Gasteiger partial charge in [-0.3, -0.25) is 0 Å². The molecule has 0 aromatic carbocycles. The quantitative estimate of drug-likeness (QED) is 0.914. The van der Waals surface area contributed by atoms with Gasteiger partial charge in [-0.15, -0.1) is 11.3 Å². The number of nitrogens with zero attached hydrogens (tertiary/aromatic N) is 2. The number of nitrogens with one attached hydrogen (secondary N) is 1. The zero-order valence-corrected chi connectivity index (χ0v) is 10.8. The first-order valence-corrected chi connectivity index (χ1v) is 6.08. The van der Waals surface area contributed by atoms with Gasteiger partial charge in [-0.1, -0.05) is 0 Å². The highest BCUT2D eigenvalue weighted by atomic mass is 79.9. The molecule has 2 heterocycles. The van der Waals surface area contributed by atoms with Crippen LogP contribution in [0.4, 0.5) is 10.9 Å². The standard InChI is InChI=1S/C10H10BrN3S/c1-6-3-8(11)5-12-9(6)14-10-13-4-7(2)15-10/h3-5H,1-2H3,(H,12,13,14). The first-order chi connectivity index (χ1) is 7.15. The average molecular weight is 284 g/mol. The van der Waals surface area contributed by atoms with E-state index in [9.17, 15) is 0 Å². The Morgan fingerprint density at radius 3 is 2.67 bits per heavy atom. The number of anilines is 2. The predicted molar refractivity (Wildman–Crippen MR) is 66.8 cm³/mol. The van der Waals surface area contributed by atoms with Crippen molar-refractivity contribution >= 4 is 38.2 Å². The zero-order valence-electron chi connectivity index (χ0n) is 8.41. The molecule has 0 bridgehead atoms. The third kappa shape index (κ3) is 2.54. The van der Waals surface area contributed by atoms with Crippen molar-refractivity contribution in [3.63, 3.8) is 0 Å². The van der Waals surface area contributed by atoms with Crippen LogP contribution in [-0.2, 0) is 0 Å². The summed E-state index contributed by atoms with van der Waals surface area (Å²) in [6.07, 6.45) is 3.62. The van der Waals surface area contributed by atoms with Gasteiger partial charge in [0.15, 0.2) is 5.13 Å². The molecule has 0 radical (unpaired) electrons. The van der Waals surface area contributed by atoms with E-state index >= 15 is 0 Å². The van der Waals surface area contributed by atoms with E-state index in [2.05, 4.69) is 31.2 Å². The zero-order chi connectivity index (χ0) is 10.8. The van der Waals surface area contributed by atoms with Crippen LogP contribution in [0.5, 0.6) is 0 Å². The number of aryl methyl sites for hydroxylation is 2. The molecule has 78 valence electrons. The molecule has 5 heteroatoms. The fourth-order valence-corrected chi connectivity index (χ4v) is 2.29. The Morgan fingerprint density at radius 1 is 1.27 bits per heavy atom. The summed E-state index contributed by atoms with van der Waals surface area (Å²) in [5.41, 5.74) is 1.09. The number of hydrogen-bond donors (Lipinski definition) is 1. The number of rotatable bonds is 2. The van der Waals surface area contributed by atoms with Crippen LogP contribution in [0.3, 0.4) is 0 Å². The maximum Gasteiger partial charge on any atom is 0.188 e. The van der Waals surface area contributed by atoms with E-state index in [-0.39, 0.29) is 0 Å². The van der Waals surface area contributed by atoms with E-state index in [1.165, 1.54) is 4.88 Å². The normalized spacial score (nSPS) is 10.3. The van der Waals surface area contributed by atoms with E-state index in [0.29, 0.717) is 0 Å². The second-order valence-electron chi connectivity index (χ2n) is 3.22. The average Bonchev–Trinajstić information content (AvgIpc) is 2.56. The molecule has 1 N–H and O–H groups in total. The number of hydrogen-bond acceptors (Lipinski definition) is 4. The van der Waals surface area contributed by atoms with Crippen molar-refractivity contribution in [1.82, 2.24) is 9.97 Å². The molecule has 0 aliphatic carbocycles. The van der Waals surface area contributed by atoms with E-state index in [0.717, 1.165) is 21.0 Å². The van der Waals surface area contributed by atoms with Crippen molar-refractivity contribution in [2.45, 2.75) is 13.8 Å². The van der Waals surface area contributed by atoms with E-state index < -0.39 is 0 Å². The van der Waals surface area contributed by atoms with Crippen molar-refractivity contribution in [3.05, 3.63) is 33.4 Å². The largest absolute Gasteiger partial charge is 0.316 e. The molecule has 0 spiro atoms. The number of aromatic nitrogens is 2. The smallest absolute Gasteiger partial charge is 0.188 e. The van der Waals surface area contributed by atoms with Gasteiger partial charge in [0, 0.05) is 21.7 Å². The lowest BCUT2D eigenvalue weighted by Crippen LogP contribution is -1.95. The molecule has 0 aliphatic heterocycles. The van der Waals surface area contributed by atoms with Crippen molar-refractivity contribution in [3.8, 4) is 0 Å². The van der Waals surface area contributed by atoms with Crippen LogP contribution in [0.15, 0.2) is 22.9 Å². The summed E-state index contributed by atoms with van der Waals surface area (Å²) in [5, 5.41) is 4.08. The lowest BCUT2D eigenvalue weighted by molar-refractivity contribution is 1.23. The second-order valence-corrected chi connectivity index (χ2v) is 5.37. The SMILES string of the molecule is Cc1cnc(Nc2ncc(Br)cc2C)s1.